The van der Waals surface area contributed by atoms with Crippen LogP contribution in [-0.2, 0) is 9.53 Å². The van der Waals surface area contributed by atoms with Gasteiger partial charge in [0.1, 0.15) is 12.3 Å². The predicted molar refractivity (Wildman–Crippen MR) is 78.3 cm³/mol. The van der Waals surface area contributed by atoms with Gasteiger partial charge < -0.3 is 14.2 Å². The molecule has 2 aliphatic heterocycles. The number of aryl methyl sites for hydroxylation is 1. The second-order valence-electron chi connectivity index (χ2n) is 7.10. The average Bonchev–Trinajstić information content (AvgIpc) is 3.11. The van der Waals surface area contributed by atoms with Crippen LogP contribution < -0.4 is 0 Å². The number of rotatable bonds is 2. The van der Waals surface area contributed by atoms with Gasteiger partial charge in [0.15, 0.2) is 5.82 Å². The van der Waals surface area contributed by atoms with Crippen molar-refractivity contribution in [2.75, 3.05) is 13.1 Å². The summed E-state index contributed by atoms with van der Waals surface area (Å²) in [7, 11) is 0. The molecule has 126 valence electrons. The van der Waals surface area contributed by atoms with Crippen molar-refractivity contribution >= 4 is 5.91 Å². The Morgan fingerprint density at radius 3 is 2.65 bits per heavy atom. The molecule has 1 aliphatic carbocycles. The van der Waals surface area contributed by atoms with Gasteiger partial charge in [-0.2, -0.15) is 4.98 Å². The number of aromatic nitrogens is 2. The fourth-order valence-electron chi connectivity index (χ4n) is 3.94. The Morgan fingerprint density at radius 1 is 1.30 bits per heavy atom. The van der Waals surface area contributed by atoms with Crippen molar-refractivity contribution < 1.29 is 18.4 Å². The van der Waals surface area contributed by atoms with Crippen LogP contribution in [0.1, 0.15) is 56.3 Å². The first kappa shape index (κ1) is 15.1. The van der Waals surface area contributed by atoms with E-state index >= 15 is 0 Å². The lowest BCUT2D eigenvalue weighted by Crippen LogP contribution is -2.50. The van der Waals surface area contributed by atoms with Crippen LogP contribution in [0, 0.1) is 12.8 Å². The van der Waals surface area contributed by atoms with Crippen LogP contribution in [0.5, 0.6) is 0 Å². The van der Waals surface area contributed by atoms with Gasteiger partial charge in [0, 0.05) is 19.0 Å². The van der Waals surface area contributed by atoms with Gasteiger partial charge >= 0.3 is 0 Å². The number of amides is 1. The van der Waals surface area contributed by atoms with E-state index in [4.69, 9.17) is 9.26 Å². The van der Waals surface area contributed by atoms with Crippen LogP contribution in [0.15, 0.2) is 4.52 Å². The van der Waals surface area contributed by atoms with Gasteiger partial charge in [0.05, 0.1) is 5.60 Å². The monoisotopic (exact) mass is 323 g/mol. The summed E-state index contributed by atoms with van der Waals surface area (Å²) in [5.74, 6) is 1.20. The lowest BCUT2D eigenvalue weighted by atomic mass is 9.81. The van der Waals surface area contributed by atoms with Gasteiger partial charge in [-0.15, -0.1) is 0 Å². The van der Waals surface area contributed by atoms with Crippen molar-refractivity contribution in [3.8, 4) is 0 Å². The SMILES string of the molecule is Cc1noc([C@H]2CCC3(CCN(C(=O)C4CC(F)C4)CC3)O2)n1. The lowest BCUT2D eigenvalue weighted by molar-refractivity contribution is -0.147. The molecule has 0 aromatic carbocycles. The third-order valence-corrected chi connectivity index (χ3v) is 5.49. The topological polar surface area (TPSA) is 68.5 Å². The number of likely N-dealkylation sites (tertiary alicyclic amines) is 1. The van der Waals surface area contributed by atoms with E-state index in [1.807, 2.05) is 4.90 Å². The summed E-state index contributed by atoms with van der Waals surface area (Å²) < 4.78 is 24.4. The van der Waals surface area contributed by atoms with Crippen LogP contribution in [0.25, 0.3) is 0 Å². The normalized spacial score (nSPS) is 33.0. The second-order valence-corrected chi connectivity index (χ2v) is 7.10. The van der Waals surface area contributed by atoms with E-state index in [9.17, 15) is 9.18 Å². The maximum absolute atomic E-state index is 12.9. The molecule has 0 bridgehead atoms. The molecular formula is C16H22FN3O3. The Bertz CT molecular complexity index is 591. The highest BCUT2D eigenvalue weighted by molar-refractivity contribution is 5.80. The first-order chi connectivity index (χ1) is 11.0. The van der Waals surface area contributed by atoms with Crippen LogP contribution in [-0.4, -0.2) is 45.8 Å². The van der Waals surface area contributed by atoms with Crippen molar-refractivity contribution in [3.63, 3.8) is 0 Å². The number of halogens is 1. The fourth-order valence-corrected chi connectivity index (χ4v) is 3.94. The molecule has 0 radical (unpaired) electrons. The average molecular weight is 323 g/mol. The second kappa shape index (κ2) is 5.54. The number of hydrogen-bond donors (Lipinski definition) is 0. The minimum absolute atomic E-state index is 0.0994. The maximum Gasteiger partial charge on any atom is 0.255 e. The van der Waals surface area contributed by atoms with E-state index in [2.05, 4.69) is 10.1 Å². The first-order valence-electron chi connectivity index (χ1n) is 8.46. The number of nitrogens with zero attached hydrogens (tertiary/aromatic N) is 3. The number of ether oxygens (including phenoxy) is 1. The Labute approximate surface area is 134 Å². The number of piperidine rings is 1. The molecule has 3 heterocycles. The first-order valence-corrected chi connectivity index (χ1v) is 8.46. The smallest absolute Gasteiger partial charge is 0.255 e. The quantitative estimate of drug-likeness (QED) is 0.835. The van der Waals surface area contributed by atoms with Gasteiger partial charge in [-0.25, -0.2) is 4.39 Å². The molecule has 1 saturated carbocycles. The Hall–Kier alpha value is -1.50. The highest BCUT2D eigenvalue weighted by Gasteiger charge is 2.46. The van der Waals surface area contributed by atoms with Gasteiger partial charge in [0.25, 0.3) is 5.89 Å². The molecule has 1 aromatic rings. The molecule has 0 unspecified atom stereocenters. The van der Waals surface area contributed by atoms with Gasteiger partial charge in [-0.3, -0.25) is 4.79 Å². The Kier molecular flexibility index (Phi) is 3.63. The highest BCUT2D eigenvalue weighted by Crippen LogP contribution is 2.45. The van der Waals surface area contributed by atoms with E-state index in [0.29, 0.717) is 37.6 Å². The van der Waals surface area contributed by atoms with Gasteiger partial charge in [-0.1, -0.05) is 5.16 Å². The van der Waals surface area contributed by atoms with E-state index < -0.39 is 6.17 Å². The third-order valence-electron chi connectivity index (χ3n) is 5.49. The standard InChI is InChI=1S/C16H22FN3O3/c1-10-18-14(23-19-10)13-2-3-16(22-13)4-6-20(7-5-16)15(21)11-8-12(17)9-11/h11-13H,2-9H2,1H3/t11?,12?,13-/m1/s1. The number of carbonyl (C=O) groups excluding carboxylic acids is 1. The Morgan fingerprint density at radius 2 is 2.04 bits per heavy atom. The van der Waals surface area contributed by atoms with Crippen LogP contribution >= 0.6 is 0 Å². The zero-order chi connectivity index (χ0) is 16.0. The highest BCUT2D eigenvalue weighted by atomic mass is 19.1. The molecule has 3 aliphatic rings. The molecule has 3 fully saturated rings. The molecule has 2 saturated heterocycles. The van der Waals surface area contributed by atoms with E-state index in [1.54, 1.807) is 6.92 Å². The summed E-state index contributed by atoms with van der Waals surface area (Å²) in [5, 5.41) is 3.82. The van der Waals surface area contributed by atoms with Crippen LogP contribution in [0.2, 0.25) is 0 Å². The summed E-state index contributed by atoms with van der Waals surface area (Å²) in [5.41, 5.74) is -0.175. The molecule has 0 N–H and O–H groups in total. The number of hydrogen-bond acceptors (Lipinski definition) is 5. The van der Waals surface area contributed by atoms with Crippen molar-refractivity contribution in [1.29, 1.82) is 0 Å². The number of alkyl halides is 1. The van der Waals surface area contributed by atoms with Crippen molar-refractivity contribution in [1.82, 2.24) is 15.0 Å². The minimum atomic E-state index is -0.781. The zero-order valence-electron chi connectivity index (χ0n) is 13.3. The van der Waals surface area contributed by atoms with Gasteiger partial charge in [0.2, 0.25) is 5.91 Å². The molecule has 1 atom stereocenters. The largest absolute Gasteiger partial charge is 0.362 e. The molecule has 4 rings (SSSR count). The van der Waals surface area contributed by atoms with Crippen LogP contribution in [0.3, 0.4) is 0 Å². The summed E-state index contributed by atoms with van der Waals surface area (Å²) >= 11 is 0. The summed E-state index contributed by atoms with van der Waals surface area (Å²) in [4.78, 5) is 18.4. The van der Waals surface area contributed by atoms with Crippen molar-refractivity contribution in [2.45, 2.75) is 63.3 Å². The Balaban J connectivity index is 1.33. The van der Waals surface area contributed by atoms with Crippen LogP contribution in [0.4, 0.5) is 4.39 Å². The van der Waals surface area contributed by atoms with E-state index in [0.717, 1.165) is 25.7 Å². The molecule has 7 heteroatoms. The van der Waals surface area contributed by atoms with E-state index in [-0.39, 0.29) is 23.5 Å². The molecule has 1 aromatic heterocycles. The summed E-state index contributed by atoms with van der Waals surface area (Å²) in [6.45, 7) is 3.19. The fraction of sp³-hybridized carbons (Fsp3) is 0.812. The molecule has 1 spiro atoms. The molecule has 1 amide bonds. The minimum Gasteiger partial charge on any atom is -0.362 e. The lowest BCUT2D eigenvalue weighted by Gasteiger charge is -2.41. The predicted octanol–water partition coefficient (Wildman–Crippen LogP) is 2.34. The molecule has 6 nitrogen and oxygen atoms in total. The zero-order valence-corrected chi connectivity index (χ0v) is 13.3. The van der Waals surface area contributed by atoms with E-state index in [1.165, 1.54) is 0 Å². The maximum atomic E-state index is 12.9. The molecule has 23 heavy (non-hydrogen) atoms. The third kappa shape index (κ3) is 2.75. The van der Waals surface area contributed by atoms with Crippen molar-refractivity contribution in [3.05, 3.63) is 11.7 Å². The molecular weight excluding hydrogens is 301 g/mol. The number of carbonyl (C=O) groups is 1. The summed E-state index contributed by atoms with van der Waals surface area (Å²) in [6, 6.07) is 0. The van der Waals surface area contributed by atoms with Gasteiger partial charge in [-0.05, 0) is 45.4 Å². The van der Waals surface area contributed by atoms with Crippen molar-refractivity contribution in [2.24, 2.45) is 5.92 Å². The summed E-state index contributed by atoms with van der Waals surface area (Å²) in [6.07, 6.45) is 3.38.